The molecule has 128 valence electrons. The second kappa shape index (κ2) is 7.85. The van der Waals surface area contributed by atoms with Crippen molar-refractivity contribution in [2.24, 2.45) is 7.05 Å². The third-order valence-electron chi connectivity index (χ3n) is 4.45. The molecule has 2 heterocycles. The molecule has 0 aliphatic carbocycles. The van der Waals surface area contributed by atoms with E-state index in [4.69, 9.17) is 0 Å². The van der Waals surface area contributed by atoms with Gasteiger partial charge in [0.15, 0.2) is 5.16 Å². The lowest BCUT2D eigenvalue weighted by molar-refractivity contribution is 0.0643. The molecule has 0 radical (unpaired) electrons. The highest BCUT2D eigenvalue weighted by Crippen LogP contribution is 2.21. The molecule has 5 nitrogen and oxygen atoms in total. The highest BCUT2D eigenvalue weighted by molar-refractivity contribution is 7.98. The van der Waals surface area contributed by atoms with E-state index in [0.29, 0.717) is 0 Å². The number of imidazole rings is 1. The number of aryl methyl sites for hydroxylation is 1. The van der Waals surface area contributed by atoms with Gasteiger partial charge in [0.25, 0.3) is 5.91 Å². The summed E-state index contributed by atoms with van der Waals surface area (Å²) in [4.78, 5) is 21.2. The van der Waals surface area contributed by atoms with E-state index in [2.05, 4.69) is 16.8 Å². The van der Waals surface area contributed by atoms with Crippen molar-refractivity contribution in [2.75, 3.05) is 32.7 Å². The average Bonchev–Trinajstić information content (AvgIpc) is 3.05. The molecule has 6 heteroatoms. The fourth-order valence-corrected chi connectivity index (χ4v) is 3.72. The summed E-state index contributed by atoms with van der Waals surface area (Å²) in [5.41, 5.74) is 1.99. The van der Waals surface area contributed by atoms with Crippen molar-refractivity contribution in [1.82, 2.24) is 19.4 Å². The first-order valence-electron chi connectivity index (χ1n) is 8.38. The molecule has 0 atom stereocenters. The van der Waals surface area contributed by atoms with Gasteiger partial charge in [0.2, 0.25) is 0 Å². The van der Waals surface area contributed by atoms with Gasteiger partial charge in [0, 0.05) is 56.9 Å². The predicted molar refractivity (Wildman–Crippen MR) is 97.2 cm³/mol. The van der Waals surface area contributed by atoms with Crippen molar-refractivity contribution in [2.45, 2.75) is 17.8 Å². The summed E-state index contributed by atoms with van der Waals surface area (Å²) in [7, 11) is 2.00. The fraction of sp³-hybridized carbons (Fsp3) is 0.444. The van der Waals surface area contributed by atoms with E-state index in [1.54, 1.807) is 11.8 Å². The first kappa shape index (κ1) is 17.0. The van der Waals surface area contributed by atoms with E-state index in [1.807, 2.05) is 53.2 Å². The third-order valence-corrected chi connectivity index (χ3v) is 5.58. The molecule has 1 aromatic heterocycles. The Balaban J connectivity index is 1.56. The molecule has 3 rings (SSSR count). The van der Waals surface area contributed by atoms with Gasteiger partial charge in [-0.25, -0.2) is 4.98 Å². The van der Waals surface area contributed by atoms with Crippen LogP contribution in [-0.2, 0) is 12.8 Å². The lowest BCUT2D eigenvalue weighted by atomic mass is 10.1. The Kier molecular flexibility index (Phi) is 5.58. The molecule has 0 unspecified atom stereocenters. The summed E-state index contributed by atoms with van der Waals surface area (Å²) in [6.45, 7) is 6.82. The van der Waals surface area contributed by atoms with Gasteiger partial charge in [0.05, 0.1) is 0 Å². The first-order chi connectivity index (χ1) is 11.7. The molecule has 1 saturated heterocycles. The standard InChI is InChI=1S/C18H24N4OS/c1-3-21-10-12-22(13-11-21)17(23)16-6-4-15(5-7-16)14-24-18-19-8-9-20(18)2/h4-9H,3,10-14H2,1-2H3. The Morgan fingerprint density at radius 1 is 1.17 bits per heavy atom. The van der Waals surface area contributed by atoms with Crippen molar-refractivity contribution < 1.29 is 4.79 Å². The zero-order valence-electron chi connectivity index (χ0n) is 14.3. The number of likely N-dealkylation sites (N-methyl/N-ethyl adjacent to an activating group) is 1. The highest BCUT2D eigenvalue weighted by Gasteiger charge is 2.21. The van der Waals surface area contributed by atoms with Gasteiger partial charge in [0.1, 0.15) is 0 Å². The van der Waals surface area contributed by atoms with E-state index >= 15 is 0 Å². The number of carbonyl (C=O) groups excluding carboxylic acids is 1. The molecule has 1 aliphatic heterocycles. The minimum absolute atomic E-state index is 0.147. The van der Waals surface area contributed by atoms with Gasteiger partial charge in [-0.05, 0) is 24.2 Å². The molecular weight excluding hydrogens is 320 g/mol. The Morgan fingerprint density at radius 2 is 1.88 bits per heavy atom. The van der Waals surface area contributed by atoms with Gasteiger partial charge in [-0.1, -0.05) is 30.8 Å². The number of hydrogen-bond acceptors (Lipinski definition) is 4. The van der Waals surface area contributed by atoms with Gasteiger partial charge in [-0.2, -0.15) is 0 Å². The number of benzene rings is 1. The van der Waals surface area contributed by atoms with Crippen LogP contribution in [0.4, 0.5) is 0 Å². The maximum absolute atomic E-state index is 12.6. The Labute approximate surface area is 147 Å². The second-order valence-electron chi connectivity index (χ2n) is 6.03. The molecule has 0 saturated carbocycles. The first-order valence-corrected chi connectivity index (χ1v) is 9.36. The minimum atomic E-state index is 0.147. The van der Waals surface area contributed by atoms with Crippen LogP contribution < -0.4 is 0 Å². The molecule has 2 aromatic rings. The van der Waals surface area contributed by atoms with Crippen molar-refractivity contribution in [1.29, 1.82) is 0 Å². The van der Waals surface area contributed by atoms with Crippen LogP contribution in [0.5, 0.6) is 0 Å². The molecule has 1 aromatic carbocycles. The predicted octanol–water partition coefficient (Wildman–Crippen LogP) is 2.49. The lowest BCUT2D eigenvalue weighted by Gasteiger charge is -2.34. The summed E-state index contributed by atoms with van der Waals surface area (Å²) < 4.78 is 2.01. The summed E-state index contributed by atoms with van der Waals surface area (Å²) in [5.74, 6) is 1.00. The van der Waals surface area contributed by atoms with Crippen LogP contribution in [0.1, 0.15) is 22.8 Å². The molecule has 0 N–H and O–H groups in total. The molecule has 24 heavy (non-hydrogen) atoms. The van der Waals surface area contributed by atoms with E-state index in [9.17, 15) is 4.79 Å². The number of thioether (sulfide) groups is 1. The third kappa shape index (κ3) is 3.99. The monoisotopic (exact) mass is 344 g/mol. The summed E-state index contributed by atoms with van der Waals surface area (Å²) in [5, 5.41) is 1.00. The maximum atomic E-state index is 12.6. The van der Waals surface area contributed by atoms with Gasteiger partial charge in [-0.3, -0.25) is 4.79 Å². The van der Waals surface area contributed by atoms with Crippen molar-refractivity contribution >= 4 is 17.7 Å². The number of carbonyl (C=O) groups is 1. The van der Waals surface area contributed by atoms with Crippen LogP contribution in [0.15, 0.2) is 41.8 Å². The number of hydrogen-bond donors (Lipinski definition) is 0. The van der Waals surface area contributed by atoms with Crippen molar-refractivity contribution in [3.05, 3.63) is 47.8 Å². The number of rotatable bonds is 5. The number of aromatic nitrogens is 2. The summed E-state index contributed by atoms with van der Waals surface area (Å²) in [6.07, 6.45) is 3.75. The molecule has 1 aliphatic rings. The Bertz CT molecular complexity index is 675. The molecular formula is C18H24N4OS. The van der Waals surface area contributed by atoms with Crippen molar-refractivity contribution in [3.63, 3.8) is 0 Å². The Morgan fingerprint density at radius 3 is 2.46 bits per heavy atom. The van der Waals surface area contributed by atoms with Crippen LogP contribution in [-0.4, -0.2) is 58.0 Å². The number of amides is 1. The highest BCUT2D eigenvalue weighted by atomic mass is 32.2. The normalized spacial score (nSPS) is 15.7. The number of nitrogens with zero attached hydrogens (tertiary/aromatic N) is 4. The van der Waals surface area contributed by atoms with Gasteiger partial charge >= 0.3 is 0 Å². The van der Waals surface area contributed by atoms with Crippen LogP contribution in [0.25, 0.3) is 0 Å². The lowest BCUT2D eigenvalue weighted by Crippen LogP contribution is -2.48. The zero-order chi connectivity index (χ0) is 16.9. The maximum Gasteiger partial charge on any atom is 0.253 e. The van der Waals surface area contributed by atoms with Crippen LogP contribution in [0.2, 0.25) is 0 Å². The van der Waals surface area contributed by atoms with Crippen LogP contribution in [0, 0.1) is 0 Å². The van der Waals surface area contributed by atoms with Crippen LogP contribution in [0.3, 0.4) is 0 Å². The van der Waals surface area contributed by atoms with E-state index in [0.717, 1.165) is 49.2 Å². The summed E-state index contributed by atoms with van der Waals surface area (Å²) in [6, 6.07) is 7.99. The van der Waals surface area contributed by atoms with E-state index in [1.165, 1.54) is 5.56 Å². The van der Waals surface area contributed by atoms with Crippen molar-refractivity contribution in [3.8, 4) is 0 Å². The minimum Gasteiger partial charge on any atom is -0.336 e. The molecule has 1 fully saturated rings. The average molecular weight is 344 g/mol. The fourth-order valence-electron chi connectivity index (χ4n) is 2.83. The second-order valence-corrected chi connectivity index (χ2v) is 6.98. The number of piperazine rings is 1. The molecule has 0 bridgehead atoms. The Hall–Kier alpha value is -1.79. The zero-order valence-corrected chi connectivity index (χ0v) is 15.1. The molecule has 0 spiro atoms. The van der Waals surface area contributed by atoms with Gasteiger partial charge < -0.3 is 14.4 Å². The van der Waals surface area contributed by atoms with E-state index < -0.39 is 0 Å². The smallest absolute Gasteiger partial charge is 0.253 e. The summed E-state index contributed by atoms with van der Waals surface area (Å²) >= 11 is 1.70. The topological polar surface area (TPSA) is 41.4 Å². The van der Waals surface area contributed by atoms with E-state index in [-0.39, 0.29) is 5.91 Å². The molecule has 1 amide bonds. The SMILES string of the molecule is CCN1CCN(C(=O)c2ccc(CSc3nccn3C)cc2)CC1. The quantitative estimate of drug-likeness (QED) is 0.782. The van der Waals surface area contributed by atoms with Gasteiger partial charge in [-0.15, -0.1) is 0 Å². The largest absolute Gasteiger partial charge is 0.336 e. The van der Waals surface area contributed by atoms with Crippen LogP contribution >= 0.6 is 11.8 Å².